The summed E-state index contributed by atoms with van der Waals surface area (Å²) in [5.41, 5.74) is 1.74. The molecule has 0 bridgehead atoms. The summed E-state index contributed by atoms with van der Waals surface area (Å²) in [4.78, 5) is 27.2. The average molecular weight is 384 g/mol. The summed E-state index contributed by atoms with van der Waals surface area (Å²) in [6.07, 6.45) is 4.06. The third kappa shape index (κ3) is 3.88. The number of aromatic hydroxyl groups is 1. The fraction of sp³-hybridized carbons (Fsp3) is 0.476. The van der Waals surface area contributed by atoms with Gasteiger partial charge in [-0.1, -0.05) is 6.07 Å². The first kappa shape index (κ1) is 19.9. The Labute approximate surface area is 165 Å². The van der Waals surface area contributed by atoms with Crippen molar-refractivity contribution in [1.29, 1.82) is 0 Å². The molecule has 0 aliphatic carbocycles. The van der Waals surface area contributed by atoms with Crippen molar-refractivity contribution in [3.05, 3.63) is 47.3 Å². The molecular formula is C21H28N4O3. The third-order valence-electron chi connectivity index (χ3n) is 5.14. The molecule has 3 rings (SSSR count). The van der Waals surface area contributed by atoms with Crippen molar-refractivity contribution in [3.8, 4) is 5.75 Å². The lowest BCUT2D eigenvalue weighted by atomic mass is 9.93. The second-order valence-electron chi connectivity index (χ2n) is 8.52. The van der Waals surface area contributed by atoms with Crippen molar-refractivity contribution in [2.75, 3.05) is 6.54 Å². The first-order valence-electron chi connectivity index (χ1n) is 9.46. The number of benzene rings is 1. The lowest BCUT2D eigenvalue weighted by Crippen LogP contribution is -2.44. The van der Waals surface area contributed by atoms with Crippen LogP contribution in [0, 0.1) is 12.8 Å². The minimum Gasteiger partial charge on any atom is -0.507 e. The molecule has 1 fully saturated rings. The number of hydrogen-bond donors (Lipinski definition) is 2. The van der Waals surface area contributed by atoms with Crippen molar-refractivity contribution in [1.82, 2.24) is 20.0 Å². The van der Waals surface area contributed by atoms with Gasteiger partial charge in [0.05, 0.1) is 17.8 Å². The van der Waals surface area contributed by atoms with Gasteiger partial charge in [0.15, 0.2) is 0 Å². The molecule has 0 radical (unpaired) electrons. The smallest absolute Gasteiger partial charge is 0.255 e. The van der Waals surface area contributed by atoms with E-state index >= 15 is 0 Å². The van der Waals surface area contributed by atoms with Gasteiger partial charge in [0.2, 0.25) is 5.91 Å². The first-order chi connectivity index (χ1) is 13.1. The Bertz CT molecular complexity index is 897. The van der Waals surface area contributed by atoms with E-state index in [-0.39, 0.29) is 40.6 Å². The number of nitrogens with zero attached hydrogens (tertiary/aromatic N) is 3. The summed E-state index contributed by atoms with van der Waals surface area (Å²) in [6.45, 7) is 8.23. The molecule has 7 nitrogen and oxygen atoms in total. The van der Waals surface area contributed by atoms with E-state index in [1.807, 2.05) is 45.8 Å². The van der Waals surface area contributed by atoms with Crippen molar-refractivity contribution in [3.63, 3.8) is 0 Å². The number of aromatic nitrogens is 2. The van der Waals surface area contributed by atoms with E-state index in [9.17, 15) is 14.7 Å². The monoisotopic (exact) mass is 384 g/mol. The number of rotatable bonds is 4. The van der Waals surface area contributed by atoms with Crippen LogP contribution in [0.25, 0.3) is 0 Å². The molecule has 1 aliphatic rings. The van der Waals surface area contributed by atoms with E-state index in [1.54, 1.807) is 29.1 Å². The van der Waals surface area contributed by atoms with Crippen LogP contribution < -0.4 is 5.32 Å². The highest BCUT2D eigenvalue weighted by Crippen LogP contribution is 2.42. The van der Waals surface area contributed by atoms with Crippen LogP contribution in [0.2, 0.25) is 0 Å². The van der Waals surface area contributed by atoms with Gasteiger partial charge in [-0.2, -0.15) is 5.10 Å². The quantitative estimate of drug-likeness (QED) is 0.848. The van der Waals surface area contributed by atoms with Crippen LogP contribution >= 0.6 is 0 Å². The molecule has 2 atom stereocenters. The highest BCUT2D eigenvalue weighted by atomic mass is 16.3. The van der Waals surface area contributed by atoms with Gasteiger partial charge < -0.3 is 15.3 Å². The van der Waals surface area contributed by atoms with E-state index in [2.05, 4.69) is 10.4 Å². The highest BCUT2D eigenvalue weighted by Gasteiger charge is 2.45. The summed E-state index contributed by atoms with van der Waals surface area (Å²) in [5.74, 6) is -0.393. The number of carbonyl (C=O) groups excluding carboxylic acids is 2. The van der Waals surface area contributed by atoms with E-state index in [4.69, 9.17) is 0 Å². The summed E-state index contributed by atoms with van der Waals surface area (Å²) < 4.78 is 1.72. The predicted octanol–water partition coefficient (Wildman–Crippen LogP) is 2.55. The largest absolute Gasteiger partial charge is 0.507 e. The van der Waals surface area contributed by atoms with Gasteiger partial charge in [0.25, 0.3) is 5.91 Å². The van der Waals surface area contributed by atoms with Crippen molar-refractivity contribution >= 4 is 11.8 Å². The molecule has 2 N–H and O–H groups in total. The maximum absolute atomic E-state index is 12.8. The zero-order chi connectivity index (χ0) is 20.6. The Balaban J connectivity index is 1.81. The van der Waals surface area contributed by atoms with Crippen LogP contribution in [0.5, 0.6) is 5.75 Å². The van der Waals surface area contributed by atoms with Gasteiger partial charge in [0.1, 0.15) is 5.75 Å². The predicted molar refractivity (Wildman–Crippen MR) is 106 cm³/mol. The molecule has 0 spiro atoms. The van der Waals surface area contributed by atoms with Gasteiger partial charge in [-0.25, -0.2) is 0 Å². The number of nitrogens with one attached hydrogen (secondary N) is 1. The van der Waals surface area contributed by atoms with Gasteiger partial charge in [-0.05, 0) is 45.4 Å². The average Bonchev–Trinajstić information content (AvgIpc) is 3.15. The highest BCUT2D eigenvalue weighted by molar-refractivity contribution is 5.97. The molecule has 2 heterocycles. The molecule has 0 saturated carbocycles. The Morgan fingerprint density at radius 2 is 2.07 bits per heavy atom. The Morgan fingerprint density at radius 3 is 2.64 bits per heavy atom. The lowest BCUT2D eigenvalue weighted by molar-refractivity contribution is -0.133. The van der Waals surface area contributed by atoms with Crippen LogP contribution in [-0.2, 0) is 11.8 Å². The van der Waals surface area contributed by atoms with Gasteiger partial charge >= 0.3 is 0 Å². The second-order valence-corrected chi connectivity index (χ2v) is 8.52. The number of aryl methyl sites for hydroxylation is 2. The van der Waals surface area contributed by atoms with E-state index in [1.165, 1.54) is 0 Å². The van der Waals surface area contributed by atoms with Gasteiger partial charge in [0, 0.05) is 43.2 Å². The maximum atomic E-state index is 12.8. The number of likely N-dealkylation sites (tertiary alicyclic amines) is 1. The molecule has 1 saturated heterocycles. The van der Waals surface area contributed by atoms with Crippen LogP contribution in [0.3, 0.4) is 0 Å². The maximum Gasteiger partial charge on any atom is 0.255 e. The summed E-state index contributed by atoms with van der Waals surface area (Å²) in [5, 5.41) is 17.2. The first-order valence-corrected chi connectivity index (χ1v) is 9.46. The molecule has 28 heavy (non-hydrogen) atoms. The fourth-order valence-electron chi connectivity index (χ4n) is 3.94. The normalized spacial score (nSPS) is 19.9. The number of phenolic OH excluding ortho intramolecular Hbond substituents is 1. The molecule has 7 heteroatoms. The number of carbonyl (C=O) groups is 2. The zero-order valence-electron chi connectivity index (χ0n) is 17.1. The van der Waals surface area contributed by atoms with Crippen molar-refractivity contribution in [2.45, 2.75) is 45.7 Å². The Morgan fingerprint density at radius 1 is 1.36 bits per heavy atom. The molecule has 1 aromatic heterocycles. The summed E-state index contributed by atoms with van der Waals surface area (Å²) in [7, 11) is 1.85. The topological polar surface area (TPSA) is 87.5 Å². The van der Waals surface area contributed by atoms with E-state index in [0.29, 0.717) is 13.0 Å². The Kier molecular flexibility index (Phi) is 5.19. The third-order valence-corrected chi connectivity index (χ3v) is 5.14. The number of hydrogen-bond acceptors (Lipinski definition) is 4. The molecule has 2 amide bonds. The van der Waals surface area contributed by atoms with Crippen LogP contribution in [0.1, 0.15) is 54.7 Å². The summed E-state index contributed by atoms with van der Waals surface area (Å²) in [6, 6.07) is 4.80. The molecule has 2 aromatic rings. The molecule has 1 aromatic carbocycles. The molecule has 150 valence electrons. The van der Waals surface area contributed by atoms with Gasteiger partial charge in [-0.3, -0.25) is 14.3 Å². The number of phenols is 1. The molecule has 0 unspecified atom stereocenters. The minimum atomic E-state index is -0.343. The van der Waals surface area contributed by atoms with Gasteiger partial charge in [-0.15, -0.1) is 0 Å². The molecule has 1 aliphatic heterocycles. The Hall–Kier alpha value is -2.83. The van der Waals surface area contributed by atoms with E-state index in [0.717, 1.165) is 11.1 Å². The standard InChI is InChI=1S/C21H28N4O3/c1-13-6-7-16(17(26)8-13)20(28)22-10-14-9-18(27)25(21(2,3)4)19(14)15-11-23-24(5)12-15/h6-8,11-12,14,19,26H,9-10H2,1-5H3,(H,22,28)/t14-,19+/m0/s1. The second kappa shape index (κ2) is 7.30. The molecular weight excluding hydrogens is 356 g/mol. The van der Waals surface area contributed by atoms with Crippen molar-refractivity contribution < 1.29 is 14.7 Å². The van der Waals surface area contributed by atoms with Crippen LogP contribution in [-0.4, -0.2) is 43.7 Å². The zero-order valence-corrected chi connectivity index (χ0v) is 17.1. The number of amides is 2. The summed E-state index contributed by atoms with van der Waals surface area (Å²) >= 11 is 0. The SMILES string of the molecule is Cc1ccc(C(=O)NC[C@@H]2CC(=O)N(C(C)(C)C)[C@H]2c2cnn(C)c2)c(O)c1. The van der Waals surface area contributed by atoms with Crippen LogP contribution in [0.15, 0.2) is 30.6 Å². The van der Waals surface area contributed by atoms with Crippen molar-refractivity contribution in [2.24, 2.45) is 13.0 Å². The minimum absolute atomic E-state index is 0.0416. The van der Waals surface area contributed by atoms with Crippen LogP contribution in [0.4, 0.5) is 0 Å². The van der Waals surface area contributed by atoms with E-state index < -0.39 is 0 Å². The fourth-order valence-corrected chi connectivity index (χ4v) is 3.94. The lowest BCUT2D eigenvalue weighted by Gasteiger charge is -2.38.